The van der Waals surface area contributed by atoms with Crippen LogP contribution < -0.4 is 15.2 Å². The number of amides is 1. The van der Waals surface area contributed by atoms with E-state index in [0.717, 1.165) is 34.2 Å². The van der Waals surface area contributed by atoms with E-state index in [-0.39, 0.29) is 5.41 Å². The van der Waals surface area contributed by atoms with Gasteiger partial charge in [0.1, 0.15) is 11.4 Å². The molecular weight excluding hydrogens is 450 g/mol. The summed E-state index contributed by atoms with van der Waals surface area (Å²) >= 11 is 0. The Morgan fingerprint density at radius 1 is 0.971 bits per heavy atom. The van der Waals surface area contributed by atoms with Crippen LogP contribution in [0, 0.1) is 0 Å². The maximum atomic E-state index is 12.3. The quantitative estimate of drug-likeness (QED) is 0.411. The van der Waals surface area contributed by atoms with Crippen molar-refractivity contribution in [2.75, 3.05) is 18.1 Å². The molecule has 3 N–H and O–H groups in total. The van der Waals surface area contributed by atoms with Gasteiger partial charge in [0.2, 0.25) is 10.0 Å². The molecule has 0 unspecified atom stereocenters. The molecule has 8 heteroatoms. The molecule has 0 saturated carbocycles. The highest BCUT2D eigenvalue weighted by Gasteiger charge is 2.25. The highest BCUT2D eigenvalue weighted by atomic mass is 32.2. The van der Waals surface area contributed by atoms with Gasteiger partial charge in [0.25, 0.3) is 5.91 Å². The van der Waals surface area contributed by atoms with Crippen LogP contribution in [0.25, 0.3) is 16.6 Å². The SMILES string of the molecule is COc1cccc(C(C)(C)c2cccc(-n3c(C(N)=O)cc4ccc(NS(C)(=O)=O)cc43)c2)c1. The van der Waals surface area contributed by atoms with Crippen molar-refractivity contribution in [3.63, 3.8) is 0 Å². The lowest BCUT2D eigenvalue weighted by Gasteiger charge is -2.27. The molecule has 1 aromatic heterocycles. The normalized spacial score (nSPS) is 12.0. The molecule has 0 spiro atoms. The zero-order valence-corrected chi connectivity index (χ0v) is 20.3. The Morgan fingerprint density at radius 3 is 2.29 bits per heavy atom. The van der Waals surface area contributed by atoms with Crippen molar-refractivity contribution >= 4 is 32.5 Å². The first kappa shape index (κ1) is 23.4. The topological polar surface area (TPSA) is 103 Å². The lowest BCUT2D eigenvalue weighted by molar-refractivity contribution is 0.0994. The van der Waals surface area contributed by atoms with Crippen LogP contribution in [0.5, 0.6) is 5.75 Å². The second kappa shape index (κ2) is 8.53. The fraction of sp³-hybridized carbons (Fsp3) is 0.192. The van der Waals surface area contributed by atoms with Gasteiger partial charge in [-0.1, -0.05) is 44.2 Å². The van der Waals surface area contributed by atoms with Gasteiger partial charge >= 0.3 is 0 Å². The average Bonchev–Trinajstić information content (AvgIpc) is 3.17. The summed E-state index contributed by atoms with van der Waals surface area (Å²) in [6, 6.07) is 22.6. The summed E-state index contributed by atoms with van der Waals surface area (Å²) in [5.74, 6) is 0.200. The second-order valence-electron chi connectivity index (χ2n) is 8.78. The molecule has 0 aliphatic rings. The minimum Gasteiger partial charge on any atom is -0.497 e. The molecule has 0 radical (unpaired) electrons. The van der Waals surface area contributed by atoms with Crippen LogP contribution >= 0.6 is 0 Å². The molecule has 1 amide bonds. The third kappa shape index (κ3) is 4.49. The van der Waals surface area contributed by atoms with Crippen molar-refractivity contribution in [2.24, 2.45) is 5.73 Å². The molecule has 4 aromatic rings. The van der Waals surface area contributed by atoms with Gasteiger partial charge in [-0.2, -0.15) is 0 Å². The number of sulfonamides is 1. The summed E-state index contributed by atoms with van der Waals surface area (Å²) in [5.41, 5.74) is 9.59. The van der Waals surface area contributed by atoms with Crippen molar-refractivity contribution in [1.82, 2.24) is 4.57 Å². The molecule has 3 aromatic carbocycles. The van der Waals surface area contributed by atoms with Crippen molar-refractivity contribution in [3.8, 4) is 11.4 Å². The van der Waals surface area contributed by atoms with Crippen LogP contribution in [-0.2, 0) is 15.4 Å². The number of hydrogen-bond acceptors (Lipinski definition) is 4. The van der Waals surface area contributed by atoms with Gasteiger partial charge in [0.15, 0.2) is 0 Å². The number of nitrogens with two attached hydrogens (primary N) is 1. The highest BCUT2D eigenvalue weighted by molar-refractivity contribution is 7.92. The Kier molecular flexibility index (Phi) is 5.87. The minimum atomic E-state index is -3.46. The summed E-state index contributed by atoms with van der Waals surface area (Å²) in [7, 11) is -1.82. The van der Waals surface area contributed by atoms with Crippen molar-refractivity contribution in [1.29, 1.82) is 0 Å². The molecule has 176 valence electrons. The Bertz CT molecular complexity index is 1500. The first-order valence-corrected chi connectivity index (χ1v) is 12.6. The van der Waals surface area contributed by atoms with Crippen LogP contribution in [0.1, 0.15) is 35.5 Å². The fourth-order valence-corrected chi connectivity index (χ4v) is 4.71. The number of nitrogens with one attached hydrogen (secondary N) is 1. The van der Waals surface area contributed by atoms with Gasteiger partial charge in [-0.05, 0) is 53.6 Å². The summed E-state index contributed by atoms with van der Waals surface area (Å²) in [5, 5.41) is 0.769. The molecule has 0 aliphatic heterocycles. The Balaban J connectivity index is 1.89. The van der Waals surface area contributed by atoms with Crippen LogP contribution in [0.4, 0.5) is 5.69 Å². The van der Waals surface area contributed by atoms with Crippen LogP contribution in [0.15, 0.2) is 72.8 Å². The monoisotopic (exact) mass is 477 g/mol. The number of ether oxygens (including phenoxy) is 1. The molecule has 0 aliphatic carbocycles. The van der Waals surface area contributed by atoms with E-state index < -0.39 is 15.9 Å². The van der Waals surface area contributed by atoms with Crippen molar-refractivity contribution < 1.29 is 17.9 Å². The van der Waals surface area contributed by atoms with Gasteiger partial charge in [0, 0.05) is 16.5 Å². The van der Waals surface area contributed by atoms with E-state index in [0.29, 0.717) is 16.9 Å². The number of rotatable bonds is 7. The number of anilines is 1. The number of carbonyl (C=O) groups is 1. The predicted molar refractivity (Wildman–Crippen MR) is 135 cm³/mol. The third-order valence-electron chi connectivity index (χ3n) is 5.98. The number of fused-ring (bicyclic) bond motifs is 1. The molecule has 34 heavy (non-hydrogen) atoms. The zero-order valence-electron chi connectivity index (χ0n) is 19.5. The number of hydrogen-bond donors (Lipinski definition) is 2. The number of benzene rings is 3. The zero-order chi connectivity index (χ0) is 24.7. The Labute approximate surface area is 199 Å². The molecule has 0 fully saturated rings. The largest absolute Gasteiger partial charge is 0.497 e. The van der Waals surface area contributed by atoms with E-state index in [1.807, 2.05) is 42.5 Å². The Morgan fingerprint density at radius 2 is 1.65 bits per heavy atom. The lowest BCUT2D eigenvalue weighted by atomic mass is 9.78. The Hall–Kier alpha value is -3.78. The van der Waals surface area contributed by atoms with E-state index in [4.69, 9.17) is 10.5 Å². The van der Waals surface area contributed by atoms with Gasteiger partial charge in [-0.3, -0.25) is 9.52 Å². The van der Waals surface area contributed by atoms with Crippen LogP contribution in [-0.4, -0.2) is 32.3 Å². The summed E-state index contributed by atoms with van der Waals surface area (Å²) in [4.78, 5) is 12.3. The third-order valence-corrected chi connectivity index (χ3v) is 6.58. The van der Waals surface area contributed by atoms with Gasteiger partial charge in [-0.15, -0.1) is 0 Å². The first-order chi connectivity index (χ1) is 16.0. The van der Waals surface area contributed by atoms with Crippen molar-refractivity contribution in [2.45, 2.75) is 19.3 Å². The smallest absolute Gasteiger partial charge is 0.265 e. The fourth-order valence-electron chi connectivity index (χ4n) is 4.15. The van der Waals surface area contributed by atoms with Crippen LogP contribution in [0.3, 0.4) is 0 Å². The minimum absolute atomic E-state index is 0.308. The molecule has 4 rings (SSSR count). The van der Waals surface area contributed by atoms with Crippen molar-refractivity contribution in [3.05, 3.63) is 89.6 Å². The molecular formula is C26H27N3O4S. The number of aromatic nitrogens is 1. The number of methoxy groups -OCH3 is 1. The molecule has 0 saturated heterocycles. The molecule has 0 atom stereocenters. The highest BCUT2D eigenvalue weighted by Crippen LogP contribution is 2.35. The molecule has 7 nitrogen and oxygen atoms in total. The first-order valence-electron chi connectivity index (χ1n) is 10.7. The summed E-state index contributed by atoms with van der Waals surface area (Å²) < 4.78 is 33.1. The number of primary amides is 1. The van der Waals surface area contributed by atoms with E-state index in [2.05, 4.69) is 24.6 Å². The number of nitrogens with zero attached hydrogens (tertiary/aromatic N) is 1. The number of carbonyl (C=O) groups excluding carboxylic acids is 1. The van der Waals surface area contributed by atoms with Gasteiger partial charge in [-0.25, -0.2) is 8.42 Å². The maximum absolute atomic E-state index is 12.3. The predicted octanol–water partition coefficient (Wildman–Crippen LogP) is 4.44. The summed E-state index contributed by atoms with van der Waals surface area (Å²) in [6.07, 6.45) is 1.09. The van der Waals surface area contributed by atoms with E-state index in [1.165, 1.54) is 0 Å². The lowest BCUT2D eigenvalue weighted by Crippen LogP contribution is -2.20. The standard InChI is InChI=1S/C26H27N3O4S/c1-26(2,19-8-6-10-22(15-19)33-3)18-7-5-9-21(14-18)29-23-16-20(28-34(4,31)32)12-11-17(23)13-24(29)25(27)30/h5-16,28H,1-4H3,(H2,27,30). The van der Waals surface area contributed by atoms with E-state index in [1.54, 1.807) is 35.9 Å². The maximum Gasteiger partial charge on any atom is 0.265 e. The molecule has 0 bridgehead atoms. The average molecular weight is 478 g/mol. The second-order valence-corrected chi connectivity index (χ2v) is 10.5. The molecule has 1 heterocycles. The van der Waals surface area contributed by atoms with Gasteiger partial charge in [0.05, 0.1) is 24.6 Å². The van der Waals surface area contributed by atoms with E-state index in [9.17, 15) is 13.2 Å². The van der Waals surface area contributed by atoms with E-state index >= 15 is 0 Å². The van der Waals surface area contributed by atoms with Crippen LogP contribution in [0.2, 0.25) is 0 Å². The summed E-state index contributed by atoms with van der Waals surface area (Å²) in [6.45, 7) is 4.25. The van der Waals surface area contributed by atoms with Gasteiger partial charge < -0.3 is 15.0 Å².